The maximum absolute atomic E-state index is 13.5. The first-order valence-electron chi connectivity index (χ1n) is 5.88. The Kier molecular flexibility index (Phi) is 5.15. The van der Waals surface area contributed by atoms with E-state index in [1.54, 1.807) is 18.2 Å². The number of halogens is 3. The van der Waals surface area contributed by atoms with Crippen molar-refractivity contribution in [3.8, 4) is 0 Å². The van der Waals surface area contributed by atoms with Crippen LogP contribution in [0, 0.1) is 11.6 Å². The molecule has 0 fully saturated rings. The summed E-state index contributed by atoms with van der Waals surface area (Å²) in [5.41, 5.74) is 0.333. The van der Waals surface area contributed by atoms with Crippen LogP contribution >= 0.6 is 23.4 Å². The minimum atomic E-state index is -0.474. The fourth-order valence-corrected chi connectivity index (χ4v) is 2.54. The van der Waals surface area contributed by atoms with Gasteiger partial charge in [0, 0.05) is 16.3 Å². The summed E-state index contributed by atoms with van der Waals surface area (Å²) in [6.45, 7) is 0. The summed E-state index contributed by atoms with van der Waals surface area (Å²) >= 11 is 6.95. The molecule has 0 spiro atoms. The minimum absolute atomic E-state index is 0.0250. The number of hydrogen-bond acceptors (Lipinski definition) is 2. The molecule has 5 heteroatoms. The van der Waals surface area contributed by atoms with Crippen molar-refractivity contribution in [1.82, 2.24) is 0 Å². The van der Waals surface area contributed by atoms with Gasteiger partial charge in [0.2, 0.25) is 0 Å². The molecule has 0 heterocycles. The summed E-state index contributed by atoms with van der Waals surface area (Å²) in [6, 6.07) is 10.2. The highest BCUT2D eigenvalue weighted by atomic mass is 35.5. The zero-order valence-electron chi connectivity index (χ0n) is 10.4. The predicted molar refractivity (Wildman–Crippen MR) is 77.2 cm³/mol. The monoisotopic (exact) mass is 312 g/mol. The largest absolute Gasteiger partial charge is 0.298 e. The molecule has 1 nitrogen and oxygen atoms in total. The zero-order valence-corrected chi connectivity index (χ0v) is 12.0. The Morgan fingerprint density at radius 2 is 1.80 bits per heavy atom. The molecule has 0 aliphatic carbocycles. The molecule has 0 aromatic heterocycles. The SMILES string of the molecule is O=C(CSc1ccc(F)cc1)Cc1ccc(Cl)cc1F. The number of benzene rings is 2. The Bertz CT molecular complexity index is 614. The van der Waals surface area contributed by atoms with Crippen LogP contribution in [0.15, 0.2) is 47.4 Å². The Labute approximate surface area is 125 Å². The molecular formula is C15H11ClF2OS. The van der Waals surface area contributed by atoms with Gasteiger partial charge in [0.05, 0.1) is 5.75 Å². The third-order valence-electron chi connectivity index (χ3n) is 2.62. The molecule has 0 atom stereocenters. The number of ketones is 1. The van der Waals surface area contributed by atoms with Crippen LogP contribution in [0.5, 0.6) is 0 Å². The predicted octanol–water partition coefficient (Wildman–Crippen LogP) is 4.52. The average molecular weight is 313 g/mol. The Morgan fingerprint density at radius 3 is 2.45 bits per heavy atom. The molecule has 2 aromatic carbocycles. The van der Waals surface area contributed by atoms with Crippen molar-refractivity contribution >= 4 is 29.1 Å². The third-order valence-corrected chi connectivity index (χ3v) is 3.92. The molecule has 0 radical (unpaired) electrons. The molecule has 2 rings (SSSR count). The first-order chi connectivity index (χ1) is 9.54. The number of carbonyl (C=O) groups excluding carboxylic acids is 1. The normalized spacial score (nSPS) is 10.6. The maximum atomic E-state index is 13.5. The first kappa shape index (κ1) is 15.0. The second-order valence-electron chi connectivity index (χ2n) is 4.19. The summed E-state index contributed by atoms with van der Waals surface area (Å²) in [4.78, 5) is 12.6. The summed E-state index contributed by atoms with van der Waals surface area (Å²) in [5, 5.41) is 0.305. The van der Waals surface area contributed by atoms with Crippen molar-refractivity contribution in [1.29, 1.82) is 0 Å². The van der Waals surface area contributed by atoms with Gasteiger partial charge in [0.1, 0.15) is 17.4 Å². The molecule has 2 aromatic rings. The van der Waals surface area contributed by atoms with Crippen LogP contribution < -0.4 is 0 Å². The van der Waals surface area contributed by atoms with Crippen molar-refractivity contribution in [3.63, 3.8) is 0 Å². The summed E-state index contributed by atoms with van der Waals surface area (Å²) < 4.78 is 26.3. The number of rotatable bonds is 5. The Morgan fingerprint density at radius 1 is 1.10 bits per heavy atom. The lowest BCUT2D eigenvalue weighted by Gasteiger charge is -2.04. The molecule has 0 unspecified atom stereocenters. The fourth-order valence-electron chi connectivity index (χ4n) is 1.62. The van der Waals surface area contributed by atoms with Gasteiger partial charge in [0.15, 0.2) is 0 Å². The number of Topliss-reactive ketones (excluding diaryl/α,β-unsaturated/α-hetero) is 1. The Balaban J connectivity index is 1.90. The minimum Gasteiger partial charge on any atom is -0.298 e. The number of hydrogen-bond donors (Lipinski definition) is 0. The lowest BCUT2D eigenvalue weighted by Crippen LogP contribution is -2.07. The van der Waals surface area contributed by atoms with Crippen molar-refractivity contribution in [2.45, 2.75) is 11.3 Å². The quantitative estimate of drug-likeness (QED) is 0.755. The third kappa shape index (κ3) is 4.32. The van der Waals surface area contributed by atoms with E-state index in [2.05, 4.69) is 0 Å². The summed E-state index contributed by atoms with van der Waals surface area (Å²) in [5.74, 6) is -0.671. The molecule has 0 saturated carbocycles. The van der Waals surface area contributed by atoms with E-state index in [0.29, 0.717) is 10.6 Å². The van der Waals surface area contributed by atoms with E-state index in [1.165, 1.54) is 36.0 Å². The van der Waals surface area contributed by atoms with Crippen molar-refractivity contribution < 1.29 is 13.6 Å². The smallest absolute Gasteiger partial charge is 0.147 e. The molecule has 20 heavy (non-hydrogen) atoms. The highest BCUT2D eigenvalue weighted by molar-refractivity contribution is 8.00. The second-order valence-corrected chi connectivity index (χ2v) is 5.68. The lowest BCUT2D eigenvalue weighted by atomic mass is 10.1. The van der Waals surface area contributed by atoms with Gasteiger partial charge in [-0.2, -0.15) is 0 Å². The van der Waals surface area contributed by atoms with Crippen LogP contribution in [0.4, 0.5) is 8.78 Å². The molecule has 0 N–H and O–H groups in total. The van der Waals surface area contributed by atoms with Gasteiger partial charge in [-0.3, -0.25) is 4.79 Å². The first-order valence-corrected chi connectivity index (χ1v) is 7.25. The summed E-state index contributed by atoms with van der Waals surface area (Å²) in [7, 11) is 0. The van der Waals surface area contributed by atoms with Crippen LogP contribution in [0.3, 0.4) is 0 Å². The van der Waals surface area contributed by atoms with Gasteiger partial charge in [-0.15, -0.1) is 11.8 Å². The van der Waals surface area contributed by atoms with Crippen LogP contribution in [-0.4, -0.2) is 11.5 Å². The van der Waals surface area contributed by atoms with E-state index in [1.807, 2.05) is 0 Å². The van der Waals surface area contributed by atoms with E-state index in [0.717, 1.165) is 4.90 Å². The van der Waals surface area contributed by atoms with Gasteiger partial charge in [-0.25, -0.2) is 8.78 Å². The van der Waals surface area contributed by atoms with E-state index in [9.17, 15) is 13.6 Å². The fraction of sp³-hybridized carbons (Fsp3) is 0.133. The second kappa shape index (κ2) is 6.86. The Hall–Kier alpha value is -1.39. The lowest BCUT2D eigenvalue weighted by molar-refractivity contribution is -0.116. The van der Waals surface area contributed by atoms with E-state index >= 15 is 0 Å². The van der Waals surface area contributed by atoms with Gasteiger partial charge in [0.25, 0.3) is 0 Å². The maximum Gasteiger partial charge on any atom is 0.147 e. The molecule has 0 aliphatic rings. The van der Waals surface area contributed by atoms with Crippen LogP contribution in [0.25, 0.3) is 0 Å². The van der Waals surface area contributed by atoms with Crippen LogP contribution in [-0.2, 0) is 11.2 Å². The van der Waals surface area contributed by atoms with E-state index in [-0.39, 0.29) is 23.8 Å². The average Bonchev–Trinajstić information content (AvgIpc) is 2.41. The van der Waals surface area contributed by atoms with Crippen molar-refractivity contribution in [2.75, 3.05) is 5.75 Å². The highest BCUT2D eigenvalue weighted by Crippen LogP contribution is 2.20. The topological polar surface area (TPSA) is 17.1 Å². The van der Waals surface area contributed by atoms with Gasteiger partial charge in [-0.05, 0) is 42.0 Å². The van der Waals surface area contributed by atoms with Gasteiger partial charge in [-0.1, -0.05) is 17.7 Å². The van der Waals surface area contributed by atoms with Gasteiger partial charge < -0.3 is 0 Å². The van der Waals surface area contributed by atoms with Crippen molar-refractivity contribution in [3.05, 3.63) is 64.7 Å². The molecule has 0 amide bonds. The van der Waals surface area contributed by atoms with Crippen LogP contribution in [0.2, 0.25) is 5.02 Å². The molecule has 104 valence electrons. The molecular weight excluding hydrogens is 302 g/mol. The summed E-state index contributed by atoms with van der Waals surface area (Å²) in [6.07, 6.45) is 0.0250. The van der Waals surface area contributed by atoms with E-state index in [4.69, 9.17) is 11.6 Å². The highest BCUT2D eigenvalue weighted by Gasteiger charge is 2.09. The molecule has 0 bridgehead atoms. The van der Waals surface area contributed by atoms with Crippen molar-refractivity contribution in [2.24, 2.45) is 0 Å². The standard InChI is InChI=1S/C15H11ClF2OS/c16-11-2-1-10(15(18)8-11)7-13(19)9-20-14-5-3-12(17)4-6-14/h1-6,8H,7,9H2. The number of thioether (sulfide) groups is 1. The van der Waals surface area contributed by atoms with Crippen LogP contribution in [0.1, 0.15) is 5.56 Å². The zero-order chi connectivity index (χ0) is 14.5. The van der Waals surface area contributed by atoms with E-state index < -0.39 is 5.82 Å². The molecule has 0 aliphatic heterocycles. The van der Waals surface area contributed by atoms with Gasteiger partial charge >= 0.3 is 0 Å². The number of carbonyl (C=O) groups is 1. The molecule has 0 saturated heterocycles.